The first kappa shape index (κ1) is 18.4. The second-order valence-electron chi connectivity index (χ2n) is 6.68. The third kappa shape index (κ3) is 3.10. The van der Waals surface area contributed by atoms with Gasteiger partial charge in [-0.3, -0.25) is 14.4 Å². The molecule has 4 rings (SSSR count). The molecule has 0 saturated heterocycles. The van der Waals surface area contributed by atoms with Crippen LogP contribution in [0.5, 0.6) is 0 Å². The minimum Gasteiger partial charge on any atom is -0.481 e. The summed E-state index contributed by atoms with van der Waals surface area (Å²) in [5, 5.41) is 10.3. The van der Waals surface area contributed by atoms with Crippen molar-refractivity contribution in [2.24, 2.45) is 0 Å². The van der Waals surface area contributed by atoms with Crippen molar-refractivity contribution in [3.05, 3.63) is 75.8 Å². The van der Waals surface area contributed by atoms with E-state index >= 15 is 0 Å². The number of imide groups is 1. The van der Waals surface area contributed by atoms with Crippen LogP contribution in [0.15, 0.2) is 59.1 Å². The molecule has 0 fully saturated rings. The van der Waals surface area contributed by atoms with E-state index in [4.69, 9.17) is 5.11 Å². The fraction of sp³-hybridized carbons (Fsp3) is 0.136. The zero-order valence-electron chi connectivity index (χ0n) is 14.8. The summed E-state index contributed by atoms with van der Waals surface area (Å²) in [4.78, 5) is 38.0. The molecule has 5 nitrogen and oxygen atoms in total. The molecule has 0 atom stereocenters. The van der Waals surface area contributed by atoms with E-state index in [9.17, 15) is 14.4 Å². The van der Waals surface area contributed by atoms with Crippen LogP contribution in [0, 0.1) is 0 Å². The maximum Gasteiger partial charge on any atom is 0.303 e. The molecule has 0 unspecified atom stereocenters. The molecule has 2 amide bonds. The average Bonchev–Trinajstić information content (AvgIpc) is 2.68. The van der Waals surface area contributed by atoms with Crippen molar-refractivity contribution in [3.63, 3.8) is 0 Å². The summed E-state index contributed by atoms with van der Waals surface area (Å²) >= 11 is 3.48. The van der Waals surface area contributed by atoms with Crippen molar-refractivity contribution in [3.8, 4) is 0 Å². The van der Waals surface area contributed by atoms with Gasteiger partial charge in [0.25, 0.3) is 11.8 Å². The minimum absolute atomic E-state index is 0.112. The Kier molecular flexibility index (Phi) is 4.73. The number of anilines is 1. The number of carbonyl (C=O) groups is 3. The average molecular weight is 438 g/mol. The van der Waals surface area contributed by atoms with Crippen molar-refractivity contribution in [1.29, 1.82) is 0 Å². The summed E-state index contributed by atoms with van der Waals surface area (Å²) in [6.45, 7) is 0. The van der Waals surface area contributed by atoms with Crippen molar-refractivity contribution < 1.29 is 19.5 Å². The van der Waals surface area contributed by atoms with Crippen LogP contribution < -0.4 is 4.90 Å². The van der Waals surface area contributed by atoms with Gasteiger partial charge in [0.2, 0.25) is 0 Å². The van der Waals surface area contributed by atoms with Gasteiger partial charge in [0.15, 0.2) is 0 Å². The largest absolute Gasteiger partial charge is 0.481 e. The number of aliphatic carboxylic acids is 1. The predicted molar refractivity (Wildman–Crippen MR) is 110 cm³/mol. The summed E-state index contributed by atoms with van der Waals surface area (Å²) in [6, 6.07) is 16.1. The van der Waals surface area contributed by atoms with Crippen LogP contribution in [-0.4, -0.2) is 22.9 Å². The molecule has 6 heteroatoms. The van der Waals surface area contributed by atoms with Gasteiger partial charge in [-0.05, 0) is 54.1 Å². The Bertz CT molecular complexity index is 1100. The predicted octanol–water partition coefficient (Wildman–Crippen LogP) is 4.81. The third-order valence-corrected chi connectivity index (χ3v) is 5.60. The summed E-state index contributed by atoms with van der Waals surface area (Å²) in [7, 11) is 0. The second-order valence-corrected chi connectivity index (χ2v) is 7.54. The number of nitrogens with zero attached hydrogens (tertiary/aromatic N) is 1. The van der Waals surface area contributed by atoms with E-state index in [-0.39, 0.29) is 18.2 Å². The molecular formula is C22H16BrNO4. The Morgan fingerprint density at radius 1 is 0.929 bits per heavy atom. The molecule has 1 N–H and O–H groups in total. The molecule has 3 aromatic rings. The van der Waals surface area contributed by atoms with Crippen LogP contribution in [0.2, 0.25) is 0 Å². The van der Waals surface area contributed by atoms with E-state index in [1.165, 1.54) is 4.90 Å². The Morgan fingerprint density at radius 3 is 2.29 bits per heavy atom. The Hall–Kier alpha value is -2.99. The van der Waals surface area contributed by atoms with Gasteiger partial charge in [-0.2, -0.15) is 0 Å². The van der Waals surface area contributed by atoms with Crippen molar-refractivity contribution in [2.45, 2.75) is 19.3 Å². The van der Waals surface area contributed by atoms with Gasteiger partial charge < -0.3 is 5.11 Å². The van der Waals surface area contributed by atoms with E-state index in [0.717, 1.165) is 15.4 Å². The highest BCUT2D eigenvalue weighted by Gasteiger charge is 2.34. The third-order valence-electron chi connectivity index (χ3n) is 4.91. The van der Waals surface area contributed by atoms with Crippen LogP contribution in [0.25, 0.3) is 10.8 Å². The van der Waals surface area contributed by atoms with Gasteiger partial charge in [-0.1, -0.05) is 40.2 Å². The highest BCUT2D eigenvalue weighted by molar-refractivity contribution is 9.10. The maximum absolute atomic E-state index is 13.1. The van der Waals surface area contributed by atoms with Crippen LogP contribution in [0.1, 0.15) is 39.1 Å². The normalized spacial score (nSPS) is 13.2. The van der Waals surface area contributed by atoms with Crippen LogP contribution in [-0.2, 0) is 11.2 Å². The van der Waals surface area contributed by atoms with Crippen molar-refractivity contribution in [2.75, 3.05) is 4.90 Å². The molecule has 3 aromatic carbocycles. The molecule has 0 aliphatic carbocycles. The van der Waals surface area contributed by atoms with Crippen LogP contribution in [0.4, 0.5) is 5.69 Å². The molecule has 0 spiro atoms. The number of carboxylic acids is 1. The van der Waals surface area contributed by atoms with E-state index in [0.29, 0.717) is 35.0 Å². The van der Waals surface area contributed by atoms with Crippen LogP contribution >= 0.6 is 15.9 Å². The number of carbonyl (C=O) groups excluding carboxylic acids is 2. The first-order valence-corrected chi connectivity index (χ1v) is 9.67. The number of rotatable bonds is 5. The van der Waals surface area contributed by atoms with E-state index < -0.39 is 5.97 Å². The summed E-state index contributed by atoms with van der Waals surface area (Å²) in [5.74, 6) is -1.51. The molecule has 0 radical (unpaired) electrons. The molecule has 0 bridgehead atoms. The lowest BCUT2D eigenvalue weighted by Crippen LogP contribution is -2.40. The van der Waals surface area contributed by atoms with Crippen molar-refractivity contribution >= 4 is 50.2 Å². The van der Waals surface area contributed by atoms with E-state index in [1.807, 2.05) is 30.3 Å². The second kappa shape index (κ2) is 7.20. The van der Waals surface area contributed by atoms with Gasteiger partial charge in [0, 0.05) is 27.4 Å². The van der Waals surface area contributed by atoms with E-state index in [2.05, 4.69) is 15.9 Å². The molecule has 1 aliphatic heterocycles. The SMILES string of the molecule is O=C(O)CCCc1ccc(N2C(=O)c3cccc4c(Br)ccc(c34)C2=O)cc1. The summed E-state index contributed by atoms with van der Waals surface area (Å²) in [5.41, 5.74) is 2.47. The molecule has 140 valence electrons. The van der Waals surface area contributed by atoms with Gasteiger partial charge in [-0.15, -0.1) is 0 Å². The summed E-state index contributed by atoms with van der Waals surface area (Å²) < 4.78 is 0.841. The molecule has 28 heavy (non-hydrogen) atoms. The Balaban J connectivity index is 1.68. The van der Waals surface area contributed by atoms with Gasteiger partial charge in [-0.25, -0.2) is 4.90 Å². The lowest BCUT2D eigenvalue weighted by Gasteiger charge is -2.27. The first-order valence-electron chi connectivity index (χ1n) is 8.88. The number of hydrogen-bond donors (Lipinski definition) is 1. The topological polar surface area (TPSA) is 74.7 Å². The number of hydrogen-bond acceptors (Lipinski definition) is 3. The monoisotopic (exact) mass is 437 g/mol. The first-order chi connectivity index (χ1) is 13.5. The summed E-state index contributed by atoms with van der Waals surface area (Å²) in [6.07, 6.45) is 1.28. The quantitative estimate of drug-likeness (QED) is 0.581. The fourth-order valence-electron chi connectivity index (χ4n) is 3.55. The standard InChI is InChI=1S/C22H16BrNO4/c23-18-12-11-17-20-15(18)4-2-5-16(20)21(27)24(22(17)28)14-9-7-13(8-10-14)3-1-6-19(25)26/h2,4-5,7-12H,1,3,6H2,(H,25,26). The zero-order valence-corrected chi connectivity index (χ0v) is 16.4. The molecular weight excluding hydrogens is 422 g/mol. The fourth-order valence-corrected chi connectivity index (χ4v) is 4.01. The molecule has 1 heterocycles. The number of carboxylic acid groups (broad SMARTS) is 1. The Morgan fingerprint density at radius 2 is 1.61 bits per heavy atom. The number of amides is 2. The zero-order chi connectivity index (χ0) is 19.8. The van der Waals surface area contributed by atoms with Gasteiger partial charge >= 0.3 is 5.97 Å². The smallest absolute Gasteiger partial charge is 0.303 e. The lowest BCUT2D eigenvalue weighted by atomic mass is 9.93. The van der Waals surface area contributed by atoms with Gasteiger partial charge in [0.1, 0.15) is 0 Å². The number of aryl methyl sites for hydroxylation is 1. The highest BCUT2D eigenvalue weighted by Crippen LogP contribution is 2.36. The molecule has 1 aliphatic rings. The van der Waals surface area contributed by atoms with Gasteiger partial charge in [0.05, 0.1) is 5.69 Å². The van der Waals surface area contributed by atoms with Crippen LogP contribution in [0.3, 0.4) is 0 Å². The molecule has 0 aromatic heterocycles. The van der Waals surface area contributed by atoms with Crippen molar-refractivity contribution in [1.82, 2.24) is 0 Å². The maximum atomic E-state index is 13.1. The Labute approximate surface area is 169 Å². The number of benzene rings is 3. The highest BCUT2D eigenvalue weighted by atomic mass is 79.9. The molecule has 0 saturated carbocycles. The lowest BCUT2D eigenvalue weighted by molar-refractivity contribution is -0.137. The van der Waals surface area contributed by atoms with E-state index in [1.54, 1.807) is 24.3 Å². The minimum atomic E-state index is -0.819. The number of halogens is 1.